The Morgan fingerprint density at radius 1 is 1.14 bits per heavy atom. The molecule has 0 aromatic rings. The van der Waals surface area contributed by atoms with Gasteiger partial charge in [0.15, 0.2) is 0 Å². The van der Waals surface area contributed by atoms with Crippen molar-refractivity contribution < 1.29 is 0 Å². The Morgan fingerprint density at radius 3 is 2.57 bits per heavy atom. The molecule has 1 aliphatic carbocycles. The van der Waals surface area contributed by atoms with Crippen LogP contribution in [0.1, 0.15) is 44.9 Å². The largest absolute Gasteiger partial charge is 0.327 e. The lowest BCUT2D eigenvalue weighted by molar-refractivity contribution is 0.325. The summed E-state index contributed by atoms with van der Waals surface area (Å²) in [6.07, 6.45) is 9.43. The van der Waals surface area contributed by atoms with Crippen LogP contribution in [0, 0.1) is 5.92 Å². The van der Waals surface area contributed by atoms with Crippen LogP contribution in [0.2, 0.25) is 0 Å². The van der Waals surface area contributed by atoms with Crippen molar-refractivity contribution in [3.8, 4) is 0 Å². The van der Waals surface area contributed by atoms with Crippen LogP contribution in [0.4, 0.5) is 0 Å². The first-order valence-corrected chi connectivity index (χ1v) is 6.10. The molecule has 0 bridgehead atoms. The van der Waals surface area contributed by atoms with Crippen molar-refractivity contribution in [3.05, 3.63) is 0 Å². The van der Waals surface area contributed by atoms with E-state index in [1.807, 2.05) is 0 Å². The van der Waals surface area contributed by atoms with E-state index in [1.165, 1.54) is 51.5 Å². The number of nitrogens with two attached hydrogens (primary N) is 1. The van der Waals surface area contributed by atoms with Gasteiger partial charge in [-0.05, 0) is 52.2 Å². The summed E-state index contributed by atoms with van der Waals surface area (Å²) in [5.74, 6) is 0.803. The van der Waals surface area contributed by atoms with Crippen LogP contribution in [-0.2, 0) is 0 Å². The molecule has 1 aliphatic rings. The molecule has 2 atom stereocenters. The van der Waals surface area contributed by atoms with Crippen molar-refractivity contribution in [2.24, 2.45) is 11.7 Å². The van der Waals surface area contributed by atoms with Gasteiger partial charge in [-0.25, -0.2) is 0 Å². The maximum Gasteiger partial charge on any atom is 0.00671 e. The van der Waals surface area contributed by atoms with E-state index in [0.29, 0.717) is 6.04 Å². The van der Waals surface area contributed by atoms with Crippen molar-refractivity contribution in [2.45, 2.75) is 51.0 Å². The van der Waals surface area contributed by atoms with Gasteiger partial charge in [-0.1, -0.05) is 19.3 Å². The quantitative estimate of drug-likeness (QED) is 0.702. The minimum atomic E-state index is 0.486. The van der Waals surface area contributed by atoms with E-state index in [0.717, 1.165) is 5.92 Å². The van der Waals surface area contributed by atoms with Gasteiger partial charge in [0.05, 0.1) is 0 Å². The molecule has 1 fully saturated rings. The van der Waals surface area contributed by atoms with Gasteiger partial charge in [-0.15, -0.1) is 0 Å². The second-order valence-corrected chi connectivity index (χ2v) is 5.01. The van der Waals surface area contributed by atoms with Gasteiger partial charge >= 0.3 is 0 Å². The summed E-state index contributed by atoms with van der Waals surface area (Å²) in [6, 6.07) is 0.486. The summed E-state index contributed by atoms with van der Waals surface area (Å²) in [5.41, 5.74) is 6.18. The zero-order valence-electron chi connectivity index (χ0n) is 9.84. The van der Waals surface area contributed by atoms with E-state index in [9.17, 15) is 0 Å². The van der Waals surface area contributed by atoms with E-state index in [4.69, 9.17) is 5.73 Å². The number of hydrogen-bond donors (Lipinski definition) is 1. The second-order valence-electron chi connectivity index (χ2n) is 5.01. The Labute approximate surface area is 88.8 Å². The van der Waals surface area contributed by atoms with Gasteiger partial charge in [-0.3, -0.25) is 0 Å². The molecule has 2 unspecified atom stereocenters. The Morgan fingerprint density at radius 2 is 1.86 bits per heavy atom. The fourth-order valence-electron chi connectivity index (χ4n) is 2.44. The summed E-state index contributed by atoms with van der Waals surface area (Å²) in [6.45, 7) is 1.21. The lowest BCUT2D eigenvalue weighted by atomic mass is 9.91. The van der Waals surface area contributed by atoms with E-state index in [-0.39, 0.29) is 0 Å². The Bertz CT molecular complexity index is 145. The van der Waals surface area contributed by atoms with Gasteiger partial charge in [-0.2, -0.15) is 0 Å². The first-order valence-electron chi connectivity index (χ1n) is 6.10. The van der Waals surface area contributed by atoms with Crippen LogP contribution in [0.5, 0.6) is 0 Å². The molecule has 14 heavy (non-hydrogen) atoms. The Balaban J connectivity index is 2.19. The molecule has 0 aromatic heterocycles. The van der Waals surface area contributed by atoms with Crippen molar-refractivity contribution >= 4 is 0 Å². The van der Waals surface area contributed by atoms with E-state index < -0.39 is 0 Å². The summed E-state index contributed by atoms with van der Waals surface area (Å²) in [7, 11) is 4.29. The first-order chi connectivity index (χ1) is 6.70. The lowest BCUT2D eigenvalue weighted by Gasteiger charge is -2.21. The average Bonchev–Trinajstić information content (AvgIpc) is 2.31. The minimum absolute atomic E-state index is 0.486. The highest BCUT2D eigenvalue weighted by Gasteiger charge is 2.19. The third-order valence-corrected chi connectivity index (χ3v) is 3.40. The van der Waals surface area contributed by atoms with Crippen molar-refractivity contribution in [3.63, 3.8) is 0 Å². The second kappa shape index (κ2) is 6.41. The molecule has 0 aliphatic heterocycles. The zero-order valence-corrected chi connectivity index (χ0v) is 9.84. The maximum atomic E-state index is 6.18. The van der Waals surface area contributed by atoms with Crippen LogP contribution in [0.25, 0.3) is 0 Å². The van der Waals surface area contributed by atoms with E-state index in [1.54, 1.807) is 0 Å². The lowest BCUT2D eigenvalue weighted by Crippen LogP contribution is -2.29. The molecule has 2 N–H and O–H groups in total. The molecule has 1 rings (SSSR count). The maximum absolute atomic E-state index is 6.18. The highest BCUT2D eigenvalue weighted by molar-refractivity contribution is 4.76. The average molecular weight is 198 g/mol. The Hall–Kier alpha value is -0.0800. The van der Waals surface area contributed by atoms with Crippen LogP contribution in [0.3, 0.4) is 0 Å². The van der Waals surface area contributed by atoms with Crippen LogP contribution >= 0.6 is 0 Å². The fraction of sp³-hybridized carbons (Fsp3) is 1.00. The SMILES string of the molecule is CN(C)CCCC1CCCCCC1N. The van der Waals surface area contributed by atoms with Gasteiger partial charge in [0.1, 0.15) is 0 Å². The van der Waals surface area contributed by atoms with Gasteiger partial charge in [0, 0.05) is 6.04 Å². The highest BCUT2D eigenvalue weighted by Crippen LogP contribution is 2.25. The van der Waals surface area contributed by atoms with Crippen LogP contribution < -0.4 is 5.73 Å². The van der Waals surface area contributed by atoms with Crippen molar-refractivity contribution in [1.82, 2.24) is 4.90 Å². The van der Waals surface area contributed by atoms with E-state index >= 15 is 0 Å². The van der Waals surface area contributed by atoms with E-state index in [2.05, 4.69) is 19.0 Å². The molecule has 1 saturated carbocycles. The standard InChI is InChI=1S/C12H26N2/c1-14(2)10-6-8-11-7-4-3-5-9-12(11)13/h11-12H,3-10,13H2,1-2H3. The fourth-order valence-corrected chi connectivity index (χ4v) is 2.44. The molecule has 0 aromatic carbocycles. The molecule has 84 valence electrons. The van der Waals surface area contributed by atoms with Gasteiger partial charge < -0.3 is 10.6 Å². The predicted molar refractivity (Wildman–Crippen MR) is 62.3 cm³/mol. The third-order valence-electron chi connectivity index (χ3n) is 3.40. The smallest absolute Gasteiger partial charge is 0.00671 e. The zero-order chi connectivity index (χ0) is 10.4. The van der Waals surface area contributed by atoms with Crippen LogP contribution in [-0.4, -0.2) is 31.6 Å². The van der Waals surface area contributed by atoms with Crippen LogP contribution in [0.15, 0.2) is 0 Å². The molecule has 0 radical (unpaired) electrons. The Kier molecular flexibility index (Phi) is 5.49. The molecule has 2 nitrogen and oxygen atoms in total. The topological polar surface area (TPSA) is 29.3 Å². The molecular formula is C12H26N2. The number of hydrogen-bond acceptors (Lipinski definition) is 2. The van der Waals surface area contributed by atoms with Gasteiger partial charge in [0.2, 0.25) is 0 Å². The molecule has 2 heteroatoms. The summed E-state index contributed by atoms with van der Waals surface area (Å²) in [5, 5.41) is 0. The number of rotatable bonds is 4. The van der Waals surface area contributed by atoms with Crippen molar-refractivity contribution in [1.29, 1.82) is 0 Å². The molecule has 0 spiro atoms. The molecule has 0 saturated heterocycles. The van der Waals surface area contributed by atoms with Gasteiger partial charge in [0.25, 0.3) is 0 Å². The minimum Gasteiger partial charge on any atom is -0.327 e. The number of nitrogens with zero attached hydrogens (tertiary/aromatic N) is 1. The normalized spacial score (nSPS) is 29.1. The van der Waals surface area contributed by atoms with Crippen molar-refractivity contribution in [2.75, 3.05) is 20.6 Å². The summed E-state index contributed by atoms with van der Waals surface area (Å²) >= 11 is 0. The monoisotopic (exact) mass is 198 g/mol. The summed E-state index contributed by atoms with van der Waals surface area (Å²) < 4.78 is 0. The predicted octanol–water partition coefficient (Wildman–Crippen LogP) is 2.24. The summed E-state index contributed by atoms with van der Waals surface area (Å²) in [4.78, 5) is 2.27. The molecule has 0 amide bonds. The highest BCUT2D eigenvalue weighted by atomic mass is 15.0. The first kappa shape index (κ1) is 12.0. The molecular weight excluding hydrogens is 172 g/mol. The third kappa shape index (κ3) is 4.43. The molecule has 0 heterocycles.